The predicted octanol–water partition coefficient (Wildman–Crippen LogP) is 9.44. The number of aromatic nitrogens is 1. The number of anilines is 1. The summed E-state index contributed by atoms with van der Waals surface area (Å²) in [6.45, 7) is 10.3. The Hall–Kier alpha value is -3.26. The van der Waals surface area contributed by atoms with Crippen LogP contribution in [0.2, 0.25) is 0 Å². The molecule has 0 spiro atoms. The van der Waals surface area contributed by atoms with Gasteiger partial charge in [0.25, 0.3) is 11.8 Å². The molecule has 1 aromatic heterocycles. The lowest BCUT2D eigenvalue weighted by Crippen LogP contribution is -2.13. The Bertz CT molecular complexity index is 1290. The SMILES string of the molecule is CCC(=O)CC(C)C(C)=O.CCCC(CCC)c1nc(C(=O)Nc2ccccc2-c2cccc(C(C)(F)F)c2)cs1. The van der Waals surface area contributed by atoms with Crippen molar-refractivity contribution in [2.45, 2.75) is 91.9 Å². The normalized spacial score (nSPS) is 11.9. The number of amides is 1. The largest absolute Gasteiger partial charge is 0.320 e. The van der Waals surface area contributed by atoms with Crippen LogP contribution in [0.4, 0.5) is 14.5 Å². The third-order valence-corrected chi connectivity index (χ3v) is 7.86. The Balaban J connectivity index is 0.000000503. The number of nitrogens with one attached hydrogen (secondary N) is 1. The molecule has 0 bridgehead atoms. The second-order valence-electron chi connectivity index (χ2n) is 10.4. The molecule has 1 heterocycles. The van der Waals surface area contributed by atoms with E-state index in [2.05, 4.69) is 24.1 Å². The van der Waals surface area contributed by atoms with E-state index < -0.39 is 5.92 Å². The van der Waals surface area contributed by atoms with E-state index in [1.165, 1.54) is 30.4 Å². The van der Waals surface area contributed by atoms with Gasteiger partial charge in [-0.2, -0.15) is 0 Å². The standard InChI is InChI=1S/C25H28F2N2OS.C8H14O2/c1-4-9-17(10-5-2)24-29-22(16-31-24)23(30)28-21-14-7-6-13-20(21)18-11-8-12-19(15-18)25(3,26)27;1-4-8(10)5-6(2)7(3)9/h6-8,11-17H,4-5,9-10H2,1-3H3,(H,28,30);6H,4-5H2,1-3H3. The van der Waals surface area contributed by atoms with Gasteiger partial charge in [-0.25, -0.2) is 13.8 Å². The molecular formula is C33H42F2N2O3S. The number of hydrogen-bond acceptors (Lipinski definition) is 5. The van der Waals surface area contributed by atoms with Gasteiger partial charge in [0.05, 0.1) is 5.01 Å². The number of halogens is 2. The van der Waals surface area contributed by atoms with Crippen molar-refractivity contribution in [1.29, 1.82) is 0 Å². The van der Waals surface area contributed by atoms with Crippen LogP contribution in [0.3, 0.4) is 0 Å². The minimum Gasteiger partial charge on any atom is -0.320 e. The van der Waals surface area contributed by atoms with Gasteiger partial charge in [0.1, 0.15) is 17.3 Å². The molecule has 0 aliphatic carbocycles. The van der Waals surface area contributed by atoms with Gasteiger partial charge in [-0.1, -0.05) is 76.9 Å². The van der Waals surface area contributed by atoms with Crippen LogP contribution in [0.5, 0.6) is 0 Å². The van der Waals surface area contributed by atoms with Crippen LogP contribution in [0, 0.1) is 5.92 Å². The van der Waals surface area contributed by atoms with Gasteiger partial charge in [0.2, 0.25) is 0 Å². The molecule has 0 aliphatic heterocycles. The van der Waals surface area contributed by atoms with Crippen molar-refractivity contribution in [2.75, 3.05) is 5.32 Å². The summed E-state index contributed by atoms with van der Waals surface area (Å²) in [6.07, 6.45) is 5.22. The highest BCUT2D eigenvalue weighted by molar-refractivity contribution is 7.10. The number of ketones is 2. The number of hydrogen-bond donors (Lipinski definition) is 1. The topological polar surface area (TPSA) is 76.1 Å². The first-order valence-corrected chi connectivity index (χ1v) is 15.2. The molecule has 0 fully saturated rings. The molecule has 1 N–H and O–H groups in total. The zero-order valence-corrected chi connectivity index (χ0v) is 25.7. The highest BCUT2D eigenvalue weighted by Crippen LogP contribution is 2.34. The molecule has 0 aliphatic rings. The van der Waals surface area contributed by atoms with E-state index in [0.717, 1.165) is 37.6 Å². The van der Waals surface area contributed by atoms with Crippen LogP contribution in [-0.4, -0.2) is 22.5 Å². The fourth-order valence-electron chi connectivity index (χ4n) is 4.29. The number of nitrogens with zero attached hydrogens (tertiary/aromatic N) is 1. The fraction of sp³-hybridized carbons (Fsp3) is 0.455. The lowest BCUT2D eigenvalue weighted by atomic mass is 9.99. The van der Waals surface area contributed by atoms with E-state index in [1.54, 1.807) is 30.5 Å². The van der Waals surface area contributed by atoms with Gasteiger partial charge in [-0.3, -0.25) is 14.4 Å². The number of para-hydroxylation sites is 1. The van der Waals surface area contributed by atoms with Crippen molar-refractivity contribution in [1.82, 2.24) is 4.98 Å². The number of rotatable bonds is 13. The third-order valence-electron chi connectivity index (χ3n) is 6.86. The van der Waals surface area contributed by atoms with Crippen LogP contribution in [0.15, 0.2) is 53.9 Å². The zero-order chi connectivity index (χ0) is 30.6. The second kappa shape index (κ2) is 16.2. The first-order chi connectivity index (χ1) is 19.4. The van der Waals surface area contributed by atoms with Gasteiger partial charge in [0.15, 0.2) is 0 Å². The smallest absolute Gasteiger partial charge is 0.275 e. The summed E-state index contributed by atoms with van der Waals surface area (Å²) in [5, 5.41) is 5.71. The fourth-order valence-corrected chi connectivity index (χ4v) is 5.26. The van der Waals surface area contributed by atoms with E-state index in [1.807, 2.05) is 25.1 Å². The molecule has 1 amide bonds. The average Bonchev–Trinajstić information content (AvgIpc) is 3.43. The molecule has 222 valence electrons. The molecular weight excluding hydrogens is 542 g/mol. The van der Waals surface area contributed by atoms with E-state index in [0.29, 0.717) is 41.3 Å². The number of carbonyl (C=O) groups excluding carboxylic acids is 3. The lowest BCUT2D eigenvalue weighted by molar-refractivity contribution is -0.126. The minimum atomic E-state index is -2.93. The zero-order valence-electron chi connectivity index (χ0n) is 24.9. The maximum atomic E-state index is 13.8. The molecule has 1 unspecified atom stereocenters. The maximum Gasteiger partial charge on any atom is 0.275 e. The summed E-state index contributed by atoms with van der Waals surface area (Å²) >= 11 is 1.53. The molecule has 8 heteroatoms. The van der Waals surface area contributed by atoms with E-state index in [-0.39, 0.29) is 29.0 Å². The molecule has 2 aromatic carbocycles. The number of benzene rings is 2. The predicted molar refractivity (Wildman–Crippen MR) is 164 cm³/mol. The van der Waals surface area contributed by atoms with Crippen LogP contribution in [-0.2, 0) is 15.5 Å². The summed E-state index contributed by atoms with van der Waals surface area (Å²) < 4.78 is 27.6. The Morgan fingerprint density at radius 2 is 1.66 bits per heavy atom. The lowest BCUT2D eigenvalue weighted by Gasteiger charge is -2.14. The third kappa shape index (κ3) is 10.6. The molecule has 0 saturated heterocycles. The van der Waals surface area contributed by atoms with Crippen molar-refractivity contribution < 1.29 is 23.2 Å². The van der Waals surface area contributed by atoms with Gasteiger partial charge >= 0.3 is 0 Å². The maximum absolute atomic E-state index is 13.8. The van der Waals surface area contributed by atoms with Gasteiger partial charge < -0.3 is 5.32 Å². The van der Waals surface area contributed by atoms with Gasteiger partial charge in [-0.15, -0.1) is 11.3 Å². The average molecular weight is 585 g/mol. The van der Waals surface area contributed by atoms with Crippen molar-refractivity contribution in [3.8, 4) is 11.1 Å². The van der Waals surface area contributed by atoms with Crippen molar-refractivity contribution in [3.63, 3.8) is 0 Å². The summed E-state index contributed by atoms with van der Waals surface area (Å²) in [5.74, 6) is -2.67. The summed E-state index contributed by atoms with van der Waals surface area (Å²) in [4.78, 5) is 38.9. The molecule has 0 radical (unpaired) electrons. The van der Waals surface area contributed by atoms with Crippen LogP contribution < -0.4 is 5.32 Å². The molecule has 41 heavy (non-hydrogen) atoms. The van der Waals surface area contributed by atoms with Crippen LogP contribution in [0.25, 0.3) is 11.1 Å². The van der Waals surface area contributed by atoms with E-state index >= 15 is 0 Å². The molecule has 0 saturated carbocycles. The van der Waals surface area contributed by atoms with Gasteiger partial charge in [-0.05, 0) is 37.5 Å². The number of Topliss-reactive ketones (excluding diaryl/α,β-unsaturated/α-hetero) is 2. The Kier molecular flexibility index (Phi) is 13.5. The Morgan fingerprint density at radius 1 is 1.00 bits per heavy atom. The molecule has 5 nitrogen and oxygen atoms in total. The van der Waals surface area contributed by atoms with Crippen molar-refractivity contribution in [3.05, 3.63) is 70.2 Å². The Labute approximate surface area is 246 Å². The van der Waals surface area contributed by atoms with Crippen LogP contribution in [0.1, 0.15) is 107 Å². The highest BCUT2D eigenvalue weighted by Gasteiger charge is 2.25. The summed E-state index contributed by atoms with van der Waals surface area (Å²) in [6, 6.07) is 13.5. The van der Waals surface area contributed by atoms with E-state index in [4.69, 9.17) is 0 Å². The first-order valence-electron chi connectivity index (χ1n) is 14.3. The van der Waals surface area contributed by atoms with Crippen molar-refractivity contribution >= 4 is 34.5 Å². The van der Waals surface area contributed by atoms with Crippen LogP contribution >= 0.6 is 11.3 Å². The number of thiazole rings is 1. The quantitative estimate of drug-likeness (QED) is 0.217. The molecule has 3 aromatic rings. The summed E-state index contributed by atoms with van der Waals surface area (Å²) in [7, 11) is 0. The van der Waals surface area contributed by atoms with E-state index in [9.17, 15) is 23.2 Å². The molecule has 3 rings (SSSR count). The first kappa shape index (κ1) is 33.9. The number of alkyl halides is 2. The summed E-state index contributed by atoms with van der Waals surface area (Å²) in [5.41, 5.74) is 2.21. The minimum absolute atomic E-state index is 0.0619. The second-order valence-corrected chi connectivity index (χ2v) is 11.3. The highest BCUT2D eigenvalue weighted by atomic mass is 32.1. The Morgan fingerprint density at radius 3 is 2.24 bits per heavy atom. The van der Waals surface area contributed by atoms with Gasteiger partial charge in [0, 0.05) is 53.8 Å². The molecule has 1 atom stereocenters. The monoisotopic (exact) mass is 584 g/mol. The van der Waals surface area contributed by atoms with Crippen molar-refractivity contribution in [2.24, 2.45) is 5.92 Å². The number of carbonyl (C=O) groups is 3.